The number of benzene rings is 1. The third-order valence-electron chi connectivity index (χ3n) is 4.13. The average molecular weight is 338 g/mol. The summed E-state index contributed by atoms with van der Waals surface area (Å²) < 4.78 is 1.61. The number of halogens is 1. The first-order chi connectivity index (χ1) is 10.6. The zero-order valence-electron chi connectivity index (χ0n) is 12.6. The van der Waals surface area contributed by atoms with Crippen LogP contribution in [0.25, 0.3) is 0 Å². The zero-order chi connectivity index (χ0) is 15.5. The summed E-state index contributed by atoms with van der Waals surface area (Å²) in [6.45, 7) is 3.16. The van der Waals surface area contributed by atoms with Crippen molar-refractivity contribution >= 4 is 18.2 Å². The first-order valence-electron chi connectivity index (χ1n) is 7.34. The summed E-state index contributed by atoms with van der Waals surface area (Å²) in [5.74, 6) is 0.230. The van der Waals surface area contributed by atoms with Crippen LogP contribution in [0.5, 0.6) is 0 Å². The number of likely N-dealkylation sites (tertiary alicyclic amines) is 1. The second-order valence-electron chi connectivity index (χ2n) is 5.63. The maximum atomic E-state index is 10.6. The van der Waals surface area contributed by atoms with E-state index >= 15 is 0 Å². The van der Waals surface area contributed by atoms with Crippen LogP contribution in [0, 0.1) is 10.1 Å². The normalized spacial score (nSPS) is 21.1. The maximum absolute atomic E-state index is 10.6. The van der Waals surface area contributed by atoms with E-state index in [-0.39, 0.29) is 24.3 Å². The van der Waals surface area contributed by atoms with Crippen molar-refractivity contribution in [2.45, 2.75) is 18.5 Å². The van der Waals surface area contributed by atoms with E-state index in [0.717, 1.165) is 19.6 Å². The molecule has 124 valence electrons. The van der Waals surface area contributed by atoms with Crippen LogP contribution in [0.3, 0.4) is 0 Å². The van der Waals surface area contributed by atoms with Crippen molar-refractivity contribution in [3.05, 3.63) is 58.3 Å². The monoisotopic (exact) mass is 337 g/mol. The van der Waals surface area contributed by atoms with Crippen molar-refractivity contribution in [2.24, 2.45) is 5.73 Å². The predicted octanol–water partition coefficient (Wildman–Crippen LogP) is 1.64. The highest BCUT2D eigenvalue weighted by molar-refractivity contribution is 5.85. The van der Waals surface area contributed by atoms with Crippen molar-refractivity contribution < 1.29 is 4.92 Å². The summed E-state index contributed by atoms with van der Waals surface area (Å²) in [6, 6.07) is 11.8. The fourth-order valence-corrected chi connectivity index (χ4v) is 2.97. The minimum atomic E-state index is -0.478. The van der Waals surface area contributed by atoms with E-state index in [0.29, 0.717) is 12.5 Å². The first kappa shape index (κ1) is 17.4. The van der Waals surface area contributed by atoms with Gasteiger partial charge in [0, 0.05) is 31.6 Å². The Bertz CT molecular complexity index is 648. The Morgan fingerprint density at radius 1 is 1.22 bits per heavy atom. The molecule has 2 N–H and O–H groups in total. The highest BCUT2D eigenvalue weighted by Gasteiger charge is 2.30. The molecular formula is C15H20ClN5O2. The Morgan fingerprint density at radius 3 is 2.61 bits per heavy atom. The van der Waals surface area contributed by atoms with Crippen LogP contribution in [0.15, 0.2) is 42.6 Å². The van der Waals surface area contributed by atoms with Crippen molar-refractivity contribution in [3.8, 4) is 0 Å². The van der Waals surface area contributed by atoms with Crippen LogP contribution in [0.4, 0.5) is 5.82 Å². The minimum absolute atomic E-state index is 0. The summed E-state index contributed by atoms with van der Waals surface area (Å²) in [5.41, 5.74) is 7.53. The molecule has 0 unspecified atom stereocenters. The van der Waals surface area contributed by atoms with Gasteiger partial charge >= 0.3 is 5.82 Å². The highest BCUT2D eigenvalue weighted by atomic mass is 35.5. The molecule has 0 aliphatic carbocycles. The Balaban J connectivity index is 0.00000192. The molecule has 3 rings (SSSR count). The Hall–Kier alpha value is -1.96. The molecule has 2 atom stereocenters. The summed E-state index contributed by atoms with van der Waals surface area (Å²) in [7, 11) is 0. The lowest BCUT2D eigenvalue weighted by atomic mass is 9.95. The molecule has 7 nitrogen and oxygen atoms in total. The zero-order valence-corrected chi connectivity index (χ0v) is 13.4. The van der Waals surface area contributed by atoms with Crippen molar-refractivity contribution in [2.75, 3.05) is 19.6 Å². The van der Waals surface area contributed by atoms with E-state index < -0.39 is 4.92 Å². The number of hydrogen-bond acceptors (Lipinski definition) is 5. The van der Waals surface area contributed by atoms with Gasteiger partial charge in [-0.1, -0.05) is 30.3 Å². The molecule has 0 radical (unpaired) electrons. The van der Waals surface area contributed by atoms with Crippen LogP contribution in [0.2, 0.25) is 0 Å². The van der Waals surface area contributed by atoms with E-state index in [2.05, 4.69) is 22.1 Å². The Kier molecular flexibility index (Phi) is 5.70. The van der Waals surface area contributed by atoms with Crippen molar-refractivity contribution in [1.29, 1.82) is 0 Å². The van der Waals surface area contributed by atoms with Crippen LogP contribution in [-0.2, 0) is 6.54 Å². The summed E-state index contributed by atoms with van der Waals surface area (Å²) in [4.78, 5) is 12.4. The van der Waals surface area contributed by atoms with Crippen LogP contribution < -0.4 is 5.73 Å². The van der Waals surface area contributed by atoms with Crippen molar-refractivity contribution in [1.82, 2.24) is 14.7 Å². The molecule has 0 saturated carbocycles. The van der Waals surface area contributed by atoms with E-state index in [1.165, 1.54) is 11.6 Å². The number of aromatic nitrogens is 2. The van der Waals surface area contributed by atoms with Gasteiger partial charge in [0.1, 0.15) is 0 Å². The Labute approximate surface area is 140 Å². The van der Waals surface area contributed by atoms with Gasteiger partial charge in [0.15, 0.2) is 0 Å². The lowest BCUT2D eigenvalue weighted by Crippen LogP contribution is -2.30. The van der Waals surface area contributed by atoms with Gasteiger partial charge in [-0.25, -0.2) is 0 Å². The van der Waals surface area contributed by atoms with Gasteiger partial charge in [-0.2, -0.15) is 4.68 Å². The summed E-state index contributed by atoms with van der Waals surface area (Å²) in [5, 5.41) is 14.5. The molecule has 0 bridgehead atoms. The predicted molar refractivity (Wildman–Crippen MR) is 89.7 cm³/mol. The molecule has 1 fully saturated rings. The molecule has 1 aromatic carbocycles. The molecule has 0 spiro atoms. The topological polar surface area (TPSA) is 90.2 Å². The van der Waals surface area contributed by atoms with E-state index in [1.54, 1.807) is 10.9 Å². The quantitative estimate of drug-likeness (QED) is 0.661. The molecule has 23 heavy (non-hydrogen) atoms. The van der Waals surface area contributed by atoms with E-state index in [9.17, 15) is 10.1 Å². The molecule has 1 aromatic heterocycles. The van der Waals surface area contributed by atoms with Gasteiger partial charge in [-0.3, -0.25) is 4.90 Å². The third kappa shape index (κ3) is 4.07. The average Bonchev–Trinajstić information content (AvgIpc) is 3.13. The second kappa shape index (κ2) is 7.54. The second-order valence-corrected chi connectivity index (χ2v) is 5.63. The van der Waals surface area contributed by atoms with Gasteiger partial charge in [-0.05, 0) is 10.5 Å². The Morgan fingerprint density at radius 2 is 1.96 bits per heavy atom. The molecular weight excluding hydrogens is 318 g/mol. The van der Waals surface area contributed by atoms with E-state index in [4.69, 9.17) is 5.73 Å². The fraction of sp³-hybridized carbons (Fsp3) is 0.400. The number of nitrogens with two attached hydrogens (primary N) is 1. The molecule has 2 aromatic rings. The first-order valence-corrected chi connectivity index (χ1v) is 7.34. The maximum Gasteiger partial charge on any atom is 0.389 e. The third-order valence-corrected chi connectivity index (χ3v) is 4.13. The van der Waals surface area contributed by atoms with E-state index in [1.807, 2.05) is 18.2 Å². The van der Waals surface area contributed by atoms with Crippen LogP contribution >= 0.6 is 12.4 Å². The molecule has 2 heterocycles. The molecule has 1 saturated heterocycles. The lowest BCUT2D eigenvalue weighted by Gasteiger charge is -2.15. The standard InChI is InChI=1S/C15H19N5O2.ClH/c16-14-11-18(10-13(14)12-4-2-1-3-5-12)8-9-19-7-6-15(17-19)20(21)22;/h1-7,13-14H,8-11,16H2;1H/t13-,14+;/m0./s1. The number of nitro groups is 1. The summed E-state index contributed by atoms with van der Waals surface area (Å²) >= 11 is 0. The highest BCUT2D eigenvalue weighted by Crippen LogP contribution is 2.26. The molecule has 0 amide bonds. The largest absolute Gasteiger partial charge is 0.389 e. The van der Waals surface area contributed by atoms with Gasteiger partial charge < -0.3 is 15.8 Å². The minimum Gasteiger partial charge on any atom is -0.358 e. The molecule has 1 aliphatic rings. The summed E-state index contributed by atoms with van der Waals surface area (Å²) in [6.07, 6.45) is 1.64. The number of rotatable bonds is 5. The van der Waals surface area contributed by atoms with Gasteiger partial charge in [0.2, 0.25) is 0 Å². The van der Waals surface area contributed by atoms with Gasteiger partial charge in [0.05, 0.1) is 23.9 Å². The molecule has 1 aliphatic heterocycles. The number of hydrogen-bond donors (Lipinski definition) is 1. The van der Waals surface area contributed by atoms with Gasteiger partial charge in [0.25, 0.3) is 0 Å². The SMILES string of the molecule is Cl.N[C@@H]1CN(CCn2ccc([N+](=O)[O-])n2)C[C@H]1c1ccccc1. The van der Waals surface area contributed by atoms with Gasteiger partial charge in [-0.15, -0.1) is 12.4 Å². The van der Waals surface area contributed by atoms with Crippen molar-refractivity contribution in [3.63, 3.8) is 0 Å². The van der Waals surface area contributed by atoms with Crippen LogP contribution in [0.1, 0.15) is 11.5 Å². The lowest BCUT2D eigenvalue weighted by molar-refractivity contribution is -0.389. The molecule has 8 heteroatoms. The smallest absolute Gasteiger partial charge is 0.358 e. The fourth-order valence-electron chi connectivity index (χ4n) is 2.97. The number of nitrogens with zero attached hydrogens (tertiary/aromatic N) is 4. The van der Waals surface area contributed by atoms with Crippen LogP contribution in [-0.4, -0.2) is 45.3 Å².